The predicted molar refractivity (Wildman–Crippen MR) is 91.2 cm³/mol. The van der Waals surface area contributed by atoms with E-state index in [9.17, 15) is 9.59 Å². The fraction of sp³-hybridized carbons (Fsp3) is 0.556. The fourth-order valence-electron chi connectivity index (χ4n) is 3.71. The molecule has 0 unspecified atom stereocenters. The lowest BCUT2D eigenvalue weighted by Crippen LogP contribution is -2.53. The van der Waals surface area contributed by atoms with Gasteiger partial charge >= 0.3 is 0 Å². The minimum Gasteiger partial charge on any atom is -0.342 e. The second-order valence-corrected chi connectivity index (χ2v) is 8.17. The van der Waals surface area contributed by atoms with Crippen molar-refractivity contribution in [3.63, 3.8) is 0 Å². The molecule has 122 valence electrons. The monoisotopic (exact) mass is 330 g/mol. The van der Waals surface area contributed by atoms with Crippen LogP contribution in [0.3, 0.4) is 0 Å². The summed E-state index contributed by atoms with van der Waals surface area (Å²) in [5, 5.41) is 0. The molecular formula is C18H22N2O2S. The molecule has 1 aliphatic carbocycles. The Morgan fingerprint density at radius 3 is 2.39 bits per heavy atom. The molecular weight excluding hydrogens is 308 g/mol. The van der Waals surface area contributed by atoms with Crippen LogP contribution in [0, 0.1) is 5.92 Å². The van der Waals surface area contributed by atoms with E-state index in [-0.39, 0.29) is 10.8 Å². The van der Waals surface area contributed by atoms with Gasteiger partial charge < -0.3 is 9.80 Å². The van der Waals surface area contributed by atoms with Crippen molar-refractivity contribution in [2.24, 2.45) is 5.92 Å². The second kappa shape index (κ2) is 5.86. The number of nitrogens with zero attached hydrogens (tertiary/aromatic N) is 2. The third-order valence-corrected chi connectivity index (χ3v) is 6.78. The molecule has 1 saturated carbocycles. The highest BCUT2D eigenvalue weighted by atomic mass is 32.2. The summed E-state index contributed by atoms with van der Waals surface area (Å²) >= 11 is 1.90. The number of amides is 2. The van der Waals surface area contributed by atoms with Crippen LogP contribution in [0.1, 0.15) is 36.0 Å². The van der Waals surface area contributed by atoms with Gasteiger partial charge in [-0.05, 0) is 37.8 Å². The van der Waals surface area contributed by atoms with Crippen molar-refractivity contribution in [3.8, 4) is 0 Å². The summed E-state index contributed by atoms with van der Waals surface area (Å²) in [6.45, 7) is 2.40. The molecule has 1 spiro atoms. The predicted octanol–water partition coefficient (Wildman–Crippen LogP) is 2.60. The molecule has 2 aliphatic heterocycles. The molecule has 3 aliphatic rings. The number of piperidine rings is 1. The van der Waals surface area contributed by atoms with Gasteiger partial charge in [0.25, 0.3) is 5.91 Å². The van der Waals surface area contributed by atoms with Crippen molar-refractivity contribution in [2.75, 3.05) is 25.4 Å². The van der Waals surface area contributed by atoms with Gasteiger partial charge in [-0.1, -0.05) is 18.2 Å². The molecule has 0 bridgehead atoms. The quantitative estimate of drug-likeness (QED) is 0.837. The van der Waals surface area contributed by atoms with Crippen molar-refractivity contribution in [1.82, 2.24) is 9.80 Å². The normalized spacial score (nSPS) is 23.3. The molecule has 5 heteroatoms. The lowest BCUT2D eigenvalue weighted by Gasteiger charge is -2.44. The van der Waals surface area contributed by atoms with Gasteiger partial charge in [-0.2, -0.15) is 0 Å². The Balaban J connectivity index is 1.47. The standard InChI is InChI=1S/C18H22N2O2S/c21-16(15-6-7-15)19-10-8-18(9-11-19)20(12-13-23-18)17(22)14-4-2-1-3-5-14/h1-5,15H,6-13H2. The Bertz CT molecular complexity index is 607. The Hall–Kier alpha value is -1.49. The van der Waals surface area contributed by atoms with Crippen LogP contribution in [0.5, 0.6) is 0 Å². The molecule has 1 aromatic carbocycles. The molecule has 0 aromatic heterocycles. The van der Waals surface area contributed by atoms with E-state index in [0.717, 1.165) is 56.6 Å². The maximum atomic E-state index is 12.9. The maximum absolute atomic E-state index is 12.9. The molecule has 4 nitrogen and oxygen atoms in total. The van der Waals surface area contributed by atoms with Gasteiger partial charge in [-0.3, -0.25) is 9.59 Å². The van der Waals surface area contributed by atoms with Crippen LogP contribution >= 0.6 is 11.8 Å². The Labute approximate surface area is 141 Å². The largest absolute Gasteiger partial charge is 0.342 e. The van der Waals surface area contributed by atoms with Crippen LogP contribution in [0.4, 0.5) is 0 Å². The molecule has 2 heterocycles. The van der Waals surface area contributed by atoms with E-state index in [1.165, 1.54) is 0 Å². The highest BCUT2D eigenvalue weighted by Crippen LogP contribution is 2.45. The summed E-state index contributed by atoms with van der Waals surface area (Å²) in [6, 6.07) is 9.56. The van der Waals surface area contributed by atoms with Gasteiger partial charge in [0.1, 0.15) is 0 Å². The lowest BCUT2D eigenvalue weighted by atomic mass is 10.0. The van der Waals surface area contributed by atoms with Gasteiger partial charge in [0.05, 0.1) is 4.87 Å². The van der Waals surface area contributed by atoms with E-state index in [1.54, 1.807) is 0 Å². The van der Waals surface area contributed by atoms with E-state index in [1.807, 2.05) is 47.0 Å². The van der Waals surface area contributed by atoms with E-state index in [0.29, 0.717) is 11.8 Å². The Morgan fingerprint density at radius 2 is 1.74 bits per heavy atom. The highest BCUT2D eigenvalue weighted by molar-refractivity contribution is 8.00. The van der Waals surface area contributed by atoms with Crippen LogP contribution in [0.2, 0.25) is 0 Å². The van der Waals surface area contributed by atoms with Crippen molar-refractivity contribution in [2.45, 2.75) is 30.6 Å². The number of rotatable bonds is 2. The van der Waals surface area contributed by atoms with Crippen LogP contribution in [0.15, 0.2) is 30.3 Å². The molecule has 0 atom stereocenters. The Kier molecular flexibility index (Phi) is 3.84. The van der Waals surface area contributed by atoms with Gasteiger partial charge in [-0.25, -0.2) is 0 Å². The number of thioether (sulfide) groups is 1. The van der Waals surface area contributed by atoms with Crippen molar-refractivity contribution >= 4 is 23.6 Å². The SMILES string of the molecule is O=C(C1CC1)N1CCC2(CC1)SCCN2C(=O)c1ccccc1. The van der Waals surface area contributed by atoms with Crippen LogP contribution in [-0.2, 0) is 4.79 Å². The average Bonchev–Trinajstić information content (AvgIpc) is 3.38. The highest BCUT2D eigenvalue weighted by Gasteiger charge is 2.48. The lowest BCUT2D eigenvalue weighted by molar-refractivity contribution is -0.134. The smallest absolute Gasteiger partial charge is 0.254 e. The summed E-state index contributed by atoms with van der Waals surface area (Å²) in [4.78, 5) is 29.1. The van der Waals surface area contributed by atoms with E-state index >= 15 is 0 Å². The van der Waals surface area contributed by atoms with Gasteiger partial charge in [-0.15, -0.1) is 11.8 Å². The minimum absolute atomic E-state index is 0.104. The fourth-order valence-corrected chi connectivity index (χ4v) is 5.17. The summed E-state index contributed by atoms with van der Waals surface area (Å²) in [5.74, 6) is 1.76. The molecule has 3 fully saturated rings. The summed E-state index contributed by atoms with van der Waals surface area (Å²) < 4.78 is 0. The number of hydrogen-bond acceptors (Lipinski definition) is 3. The molecule has 23 heavy (non-hydrogen) atoms. The first kappa shape index (κ1) is 15.1. The summed E-state index contributed by atoms with van der Waals surface area (Å²) in [5.41, 5.74) is 0.769. The average molecular weight is 330 g/mol. The van der Waals surface area contributed by atoms with Crippen LogP contribution in [-0.4, -0.2) is 51.9 Å². The minimum atomic E-state index is -0.104. The van der Waals surface area contributed by atoms with E-state index in [2.05, 4.69) is 4.90 Å². The van der Waals surface area contributed by atoms with Gasteiger partial charge in [0, 0.05) is 36.9 Å². The first-order valence-corrected chi connectivity index (χ1v) is 9.48. The third kappa shape index (κ3) is 2.75. The van der Waals surface area contributed by atoms with Crippen LogP contribution < -0.4 is 0 Å². The van der Waals surface area contributed by atoms with Crippen molar-refractivity contribution < 1.29 is 9.59 Å². The zero-order chi connectivity index (χ0) is 15.9. The first-order valence-electron chi connectivity index (χ1n) is 8.49. The molecule has 0 radical (unpaired) electrons. The number of benzene rings is 1. The maximum Gasteiger partial charge on any atom is 0.254 e. The first-order chi connectivity index (χ1) is 11.2. The number of carbonyl (C=O) groups excluding carboxylic acids is 2. The second-order valence-electron chi connectivity index (χ2n) is 6.72. The number of carbonyl (C=O) groups is 2. The zero-order valence-electron chi connectivity index (χ0n) is 13.2. The van der Waals surface area contributed by atoms with Gasteiger partial charge in [0.2, 0.25) is 5.91 Å². The molecule has 2 amide bonds. The van der Waals surface area contributed by atoms with E-state index < -0.39 is 0 Å². The zero-order valence-corrected chi connectivity index (χ0v) is 14.1. The van der Waals surface area contributed by atoms with Crippen LogP contribution in [0.25, 0.3) is 0 Å². The van der Waals surface area contributed by atoms with Gasteiger partial charge in [0.15, 0.2) is 0 Å². The molecule has 2 saturated heterocycles. The molecule has 1 aromatic rings. The summed E-state index contributed by atoms with van der Waals surface area (Å²) in [6.07, 6.45) is 3.92. The third-order valence-electron chi connectivity index (χ3n) is 5.23. The number of likely N-dealkylation sites (tertiary alicyclic amines) is 1. The molecule has 0 N–H and O–H groups in total. The topological polar surface area (TPSA) is 40.6 Å². The van der Waals surface area contributed by atoms with E-state index in [4.69, 9.17) is 0 Å². The molecule has 4 rings (SSSR count). The summed E-state index contributed by atoms with van der Waals surface area (Å²) in [7, 11) is 0. The number of hydrogen-bond donors (Lipinski definition) is 0. The van der Waals surface area contributed by atoms with Crippen molar-refractivity contribution in [1.29, 1.82) is 0 Å². The Morgan fingerprint density at radius 1 is 1.04 bits per heavy atom. The van der Waals surface area contributed by atoms with Crippen molar-refractivity contribution in [3.05, 3.63) is 35.9 Å².